The van der Waals surface area contributed by atoms with E-state index >= 15 is 0 Å². The number of nitrogens with zero attached hydrogens (tertiary/aromatic N) is 2. The molecule has 0 aliphatic heterocycles. The first-order valence-corrected chi connectivity index (χ1v) is 11.1. The minimum absolute atomic E-state index is 0.172. The number of benzene rings is 3. The highest BCUT2D eigenvalue weighted by molar-refractivity contribution is 7.92. The molecule has 0 bridgehead atoms. The maximum absolute atomic E-state index is 12.5. The monoisotopic (exact) mass is 459 g/mol. The van der Waals surface area contributed by atoms with Crippen molar-refractivity contribution in [2.75, 3.05) is 4.72 Å². The van der Waals surface area contributed by atoms with Crippen LogP contribution in [0.2, 0.25) is 10.0 Å². The predicted octanol–water partition coefficient (Wildman–Crippen LogP) is 5.34. The van der Waals surface area contributed by atoms with Gasteiger partial charge < -0.3 is 0 Å². The summed E-state index contributed by atoms with van der Waals surface area (Å²) in [7, 11) is -3.70. The first-order valence-electron chi connectivity index (χ1n) is 8.82. The lowest BCUT2D eigenvalue weighted by molar-refractivity contribution is 0.101. The zero-order valence-electron chi connectivity index (χ0n) is 15.6. The summed E-state index contributed by atoms with van der Waals surface area (Å²) in [6, 6.07) is 16.2. The third kappa shape index (κ3) is 3.79. The van der Waals surface area contributed by atoms with Gasteiger partial charge >= 0.3 is 0 Å². The van der Waals surface area contributed by atoms with Crippen molar-refractivity contribution in [3.8, 4) is 5.69 Å². The summed E-state index contributed by atoms with van der Waals surface area (Å²) < 4.78 is 29.2. The fraction of sp³-hybridized carbons (Fsp3) is 0.0476. The van der Waals surface area contributed by atoms with E-state index in [1.165, 1.54) is 25.1 Å². The molecule has 4 rings (SSSR count). The van der Waals surface area contributed by atoms with E-state index in [0.717, 1.165) is 0 Å². The van der Waals surface area contributed by atoms with Crippen molar-refractivity contribution in [1.82, 2.24) is 9.78 Å². The third-order valence-corrected chi connectivity index (χ3v) is 6.53. The summed E-state index contributed by atoms with van der Waals surface area (Å²) in [4.78, 5) is 12.0. The smallest absolute Gasteiger partial charge is 0.261 e. The van der Waals surface area contributed by atoms with Gasteiger partial charge in [-0.15, -0.1) is 0 Å². The molecule has 0 atom stereocenters. The maximum atomic E-state index is 12.5. The Bertz CT molecular complexity index is 1380. The predicted molar refractivity (Wildman–Crippen MR) is 118 cm³/mol. The molecule has 0 spiro atoms. The summed E-state index contributed by atoms with van der Waals surface area (Å²) >= 11 is 12.4. The molecule has 0 aliphatic rings. The highest BCUT2D eigenvalue weighted by Crippen LogP contribution is 2.31. The summed E-state index contributed by atoms with van der Waals surface area (Å²) in [5.74, 6) is -0.188. The van der Waals surface area contributed by atoms with Crippen LogP contribution in [0.15, 0.2) is 71.8 Å². The largest absolute Gasteiger partial charge is 0.294 e. The van der Waals surface area contributed by atoms with Gasteiger partial charge in [0.25, 0.3) is 10.0 Å². The van der Waals surface area contributed by atoms with E-state index in [1.807, 2.05) is 0 Å². The molecule has 0 unspecified atom stereocenters. The highest BCUT2D eigenvalue weighted by atomic mass is 35.5. The lowest BCUT2D eigenvalue weighted by atomic mass is 10.1. The van der Waals surface area contributed by atoms with Crippen molar-refractivity contribution in [2.45, 2.75) is 11.8 Å². The molecular formula is C21H15Cl2N3O3S. The number of hydrogen-bond acceptors (Lipinski definition) is 4. The van der Waals surface area contributed by atoms with E-state index in [2.05, 4.69) is 9.82 Å². The van der Waals surface area contributed by atoms with Crippen molar-refractivity contribution in [2.24, 2.45) is 0 Å². The number of Topliss-reactive ketones (excluding diaryl/α,β-unsaturated/α-hetero) is 1. The van der Waals surface area contributed by atoms with Crippen molar-refractivity contribution in [1.29, 1.82) is 0 Å². The molecular weight excluding hydrogens is 445 g/mol. The third-order valence-electron chi connectivity index (χ3n) is 4.52. The zero-order valence-corrected chi connectivity index (χ0v) is 18.0. The number of hydrogen-bond donors (Lipinski definition) is 1. The van der Waals surface area contributed by atoms with Crippen LogP contribution < -0.4 is 4.72 Å². The molecule has 1 N–H and O–H groups in total. The number of carbonyl (C=O) groups excluding carboxylic acids is 1. The number of anilines is 1. The Labute approximate surface area is 183 Å². The number of fused-ring (bicyclic) bond motifs is 1. The van der Waals surface area contributed by atoms with Crippen LogP contribution in [0.25, 0.3) is 16.6 Å². The molecule has 1 aromatic heterocycles. The van der Waals surface area contributed by atoms with Crippen molar-refractivity contribution in [3.05, 3.63) is 82.5 Å². The van der Waals surface area contributed by atoms with Gasteiger partial charge in [0.05, 0.1) is 32.3 Å². The van der Waals surface area contributed by atoms with Gasteiger partial charge in [-0.05, 0) is 49.4 Å². The van der Waals surface area contributed by atoms with Crippen molar-refractivity contribution < 1.29 is 13.2 Å². The van der Waals surface area contributed by atoms with Gasteiger partial charge in [-0.1, -0.05) is 41.4 Å². The minimum atomic E-state index is -3.70. The molecule has 6 nitrogen and oxygen atoms in total. The number of carbonyl (C=O) groups is 1. The van der Waals surface area contributed by atoms with Gasteiger partial charge in [0.2, 0.25) is 0 Å². The number of sulfonamides is 1. The molecule has 0 aliphatic carbocycles. The first-order chi connectivity index (χ1) is 14.3. The van der Waals surface area contributed by atoms with E-state index < -0.39 is 10.0 Å². The van der Waals surface area contributed by atoms with Crippen LogP contribution in [0.3, 0.4) is 0 Å². The van der Waals surface area contributed by atoms with Gasteiger partial charge in [-0.2, -0.15) is 5.10 Å². The fourth-order valence-electron chi connectivity index (χ4n) is 3.07. The van der Waals surface area contributed by atoms with E-state index in [1.54, 1.807) is 53.3 Å². The standard InChI is InChI=1S/C21H15Cl2N3O3S/c1-13(27)17-10-21(19(23)11-18(17)22)26-20-8-7-15(9-14(20)12-24-26)25-30(28,29)16-5-3-2-4-6-16/h2-12,25H,1H3. The molecule has 0 fully saturated rings. The number of halogens is 2. The van der Waals surface area contributed by atoms with Gasteiger partial charge in [0.15, 0.2) is 5.78 Å². The number of nitrogens with one attached hydrogen (secondary N) is 1. The summed E-state index contributed by atoms with van der Waals surface area (Å²) in [6.07, 6.45) is 1.59. The van der Waals surface area contributed by atoms with Crippen LogP contribution >= 0.6 is 23.2 Å². The topological polar surface area (TPSA) is 81.1 Å². The van der Waals surface area contributed by atoms with Crippen LogP contribution in [0.4, 0.5) is 5.69 Å². The Balaban J connectivity index is 1.74. The Morgan fingerprint density at radius 2 is 1.73 bits per heavy atom. The van der Waals surface area contributed by atoms with E-state index in [-0.39, 0.29) is 15.7 Å². The quantitative estimate of drug-likeness (QED) is 0.408. The average Bonchev–Trinajstić information content (AvgIpc) is 3.11. The molecule has 0 saturated carbocycles. The summed E-state index contributed by atoms with van der Waals surface area (Å²) in [5.41, 5.74) is 1.93. The van der Waals surface area contributed by atoms with Crippen LogP contribution in [0.5, 0.6) is 0 Å². The Hall–Kier alpha value is -2.87. The van der Waals surface area contributed by atoms with Gasteiger partial charge in [0.1, 0.15) is 0 Å². The fourth-order valence-corrected chi connectivity index (χ4v) is 4.74. The average molecular weight is 460 g/mol. The molecule has 152 valence electrons. The summed E-state index contributed by atoms with van der Waals surface area (Å²) in [5, 5.41) is 5.65. The van der Waals surface area contributed by atoms with Gasteiger partial charge in [-0.3, -0.25) is 9.52 Å². The second-order valence-electron chi connectivity index (χ2n) is 6.59. The SMILES string of the molecule is CC(=O)c1cc(-n2ncc3cc(NS(=O)(=O)c4ccccc4)ccc32)c(Cl)cc1Cl. The van der Waals surface area contributed by atoms with Gasteiger partial charge in [0, 0.05) is 16.6 Å². The van der Waals surface area contributed by atoms with Crippen LogP contribution in [-0.2, 0) is 10.0 Å². The molecule has 0 saturated heterocycles. The molecule has 3 aromatic carbocycles. The molecule has 4 aromatic rings. The van der Waals surface area contributed by atoms with Crippen molar-refractivity contribution in [3.63, 3.8) is 0 Å². The number of ketones is 1. The van der Waals surface area contributed by atoms with E-state index in [0.29, 0.717) is 32.9 Å². The summed E-state index contributed by atoms with van der Waals surface area (Å²) in [6.45, 7) is 1.42. The Morgan fingerprint density at radius 3 is 2.43 bits per heavy atom. The van der Waals surface area contributed by atoms with E-state index in [9.17, 15) is 13.2 Å². The second kappa shape index (κ2) is 7.75. The zero-order chi connectivity index (χ0) is 21.5. The normalized spacial score (nSPS) is 11.6. The molecule has 9 heteroatoms. The van der Waals surface area contributed by atoms with Crippen molar-refractivity contribution >= 4 is 55.6 Å². The molecule has 1 heterocycles. The van der Waals surface area contributed by atoms with Crippen LogP contribution in [0, 0.1) is 0 Å². The van der Waals surface area contributed by atoms with E-state index in [4.69, 9.17) is 23.2 Å². The number of aromatic nitrogens is 2. The molecule has 0 amide bonds. The van der Waals surface area contributed by atoms with Crippen LogP contribution in [-0.4, -0.2) is 24.0 Å². The first kappa shape index (κ1) is 20.4. The highest BCUT2D eigenvalue weighted by Gasteiger charge is 2.17. The number of rotatable bonds is 5. The van der Waals surface area contributed by atoms with Gasteiger partial charge in [-0.25, -0.2) is 13.1 Å². The maximum Gasteiger partial charge on any atom is 0.261 e. The lowest BCUT2D eigenvalue weighted by Crippen LogP contribution is -2.12. The Kier molecular flexibility index (Phi) is 5.27. The second-order valence-corrected chi connectivity index (χ2v) is 9.08. The lowest BCUT2D eigenvalue weighted by Gasteiger charge is -2.11. The Morgan fingerprint density at radius 1 is 1.00 bits per heavy atom. The molecule has 0 radical (unpaired) electrons. The molecule has 30 heavy (non-hydrogen) atoms. The van der Waals surface area contributed by atoms with Crippen LogP contribution in [0.1, 0.15) is 17.3 Å². The minimum Gasteiger partial charge on any atom is -0.294 e.